The number of nitrogens with zero attached hydrogens (tertiary/aromatic N) is 1. The average Bonchev–Trinajstić information content (AvgIpc) is 2.47. The topological polar surface area (TPSA) is 78.5 Å². The molecule has 140 valence electrons. The molecule has 0 bridgehead atoms. The minimum absolute atomic E-state index is 0.0285. The number of benzene rings is 1. The molecule has 1 amide bonds. The number of hydrogen-bond donors (Lipinski definition) is 2. The van der Waals surface area contributed by atoms with E-state index >= 15 is 0 Å². The molecular weight excluding hydrogens is 338 g/mol. The van der Waals surface area contributed by atoms with Gasteiger partial charge in [0.2, 0.25) is 15.9 Å². The van der Waals surface area contributed by atoms with E-state index in [1.807, 2.05) is 24.3 Å². The zero-order chi connectivity index (χ0) is 18.7. The third kappa shape index (κ3) is 6.76. The molecule has 0 atom stereocenters. The van der Waals surface area contributed by atoms with Crippen LogP contribution in [-0.4, -0.2) is 51.2 Å². The van der Waals surface area contributed by atoms with Gasteiger partial charge in [-0.05, 0) is 36.0 Å². The molecule has 1 aliphatic rings. The summed E-state index contributed by atoms with van der Waals surface area (Å²) in [6.07, 6.45) is 2.62. The number of rotatable bonds is 5. The van der Waals surface area contributed by atoms with Gasteiger partial charge in [0.15, 0.2) is 0 Å². The van der Waals surface area contributed by atoms with Crippen molar-refractivity contribution in [3.8, 4) is 0 Å². The summed E-state index contributed by atoms with van der Waals surface area (Å²) in [7, 11) is -3.17. The van der Waals surface area contributed by atoms with Crippen LogP contribution in [0.5, 0.6) is 0 Å². The van der Waals surface area contributed by atoms with Gasteiger partial charge in [0.25, 0.3) is 0 Å². The Labute approximate surface area is 151 Å². The van der Waals surface area contributed by atoms with Crippen LogP contribution in [0.1, 0.15) is 39.2 Å². The molecule has 0 unspecified atom stereocenters. The first kappa shape index (κ1) is 19.9. The molecule has 25 heavy (non-hydrogen) atoms. The van der Waals surface area contributed by atoms with E-state index in [9.17, 15) is 13.2 Å². The molecule has 7 heteroatoms. The summed E-state index contributed by atoms with van der Waals surface area (Å²) < 4.78 is 25.2. The molecule has 2 N–H and O–H groups in total. The first-order valence-corrected chi connectivity index (χ1v) is 10.5. The summed E-state index contributed by atoms with van der Waals surface area (Å²) in [6.45, 7) is 8.22. The van der Waals surface area contributed by atoms with Gasteiger partial charge in [-0.3, -0.25) is 9.69 Å². The van der Waals surface area contributed by atoms with Gasteiger partial charge < -0.3 is 5.32 Å². The van der Waals surface area contributed by atoms with Crippen LogP contribution in [0, 0.1) is 0 Å². The molecule has 0 saturated carbocycles. The van der Waals surface area contributed by atoms with Crippen LogP contribution in [0.15, 0.2) is 24.3 Å². The molecule has 2 rings (SSSR count). The molecule has 1 aromatic carbocycles. The summed E-state index contributed by atoms with van der Waals surface area (Å²) >= 11 is 0. The van der Waals surface area contributed by atoms with E-state index in [4.69, 9.17) is 0 Å². The predicted octanol–water partition coefficient (Wildman–Crippen LogP) is 1.94. The highest BCUT2D eigenvalue weighted by molar-refractivity contribution is 7.88. The Morgan fingerprint density at radius 2 is 1.72 bits per heavy atom. The number of carbonyl (C=O) groups is 1. The van der Waals surface area contributed by atoms with E-state index < -0.39 is 10.0 Å². The predicted molar refractivity (Wildman–Crippen MR) is 101 cm³/mol. The summed E-state index contributed by atoms with van der Waals surface area (Å²) in [5.74, 6) is -0.0435. The lowest BCUT2D eigenvalue weighted by Gasteiger charge is -2.31. The Morgan fingerprint density at radius 3 is 2.20 bits per heavy atom. The van der Waals surface area contributed by atoms with Gasteiger partial charge >= 0.3 is 0 Å². The fraction of sp³-hybridized carbons (Fsp3) is 0.611. The minimum atomic E-state index is -3.17. The van der Waals surface area contributed by atoms with E-state index in [0.717, 1.165) is 18.5 Å². The van der Waals surface area contributed by atoms with Gasteiger partial charge in [0.1, 0.15) is 0 Å². The summed E-state index contributed by atoms with van der Waals surface area (Å²) in [5.41, 5.74) is 2.12. The number of piperidine rings is 1. The van der Waals surface area contributed by atoms with E-state index in [-0.39, 0.29) is 17.4 Å². The Bertz CT molecular complexity index is 685. The maximum absolute atomic E-state index is 12.2. The zero-order valence-electron chi connectivity index (χ0n) is 15.5. The smallest absolute Gasteiger partial charge is 0.238 e. The highest BCUT2D eigenvalue weighted by Gasteiger charge is 2.23. The molecule has 0 aromatic heterocycles. The normalized spacial score (nSPS) is 17.4. The maximum atomic E-state index is 12.2. The molecule has 1 heterocycles. The number of nitrogens with one attached hydrogen (secondary N) is 2. The van der Waals surface area contributed by atoms with Crippen LogP contribution >= 0.6 is 0 Å². The Kier molecular flexibility index (Phi) is 6.24. The van der Waals surface area contributed by atoms with Gasteiger partial charge in [0, 0.05) is 24.8 Å². The third-order valence-electron chi connectivity index (χ3n) is 4.37. The van der Waals surface area contributed by atoms with Crippen LogP contribution in [0.2, 0.25) is 0 Å². The van der Waals surface area contributed by atoms with Crippen molar-refractivity contribution in [1.82, 2.24) is 9.62 Å². The lowest BCUT2D eigenvalue weighted by Crippen LogP contribution is -2.46. The van der Waals surface area contributed by atoms with Gasteiger partial charge in [0.05, 0.1) is 12.8 Å². The van der Waals surface area contributed by atoms with Crippen molar-refractivity contribution in [2.24, 2.45) is 0 Å². The van der Waals surface area contributed by atoms with Crippen molar-refractivity contribution in [3.63, 3.8) is 0 Å². The molecule has 1 fully saturated rings. The molecular formula is C18H29N3O3S. The van der Waals surface area contributed by atoms with E-state index in [2.05, 4.69) is 35.7 Å². The van der Waals surface area contributed by atoms with Gasteiger partial charge in [-0.2, -0.15) is 0 Å². The molecule has 1 aromatic rings. The minimum Gasteiger partial charge on any atom is -0.325 e. The molecule has 0 spiro atoms. The lowest BCUT2D eigenvalue weighted by atomic mass is 9.87. The fourth-order valence-corrected chi connectivity index (χ4v) is 3.81. The molecule has 0 radical (unpaired) electrons. The third-order valence-corrected chi connectivity index (χ3v) is 5.13. The average molecular weight is 368 g/mol. The Morgan fingerprint density at radius 1 is 1.16 bits per heavy atom. The number of carbonyl (C=O) groups excluding carboxylic acids is 1. The van der Waals surface area contributed by atoms with Crippen molar-refractivity contribution in [1.29, 1.82) is 0 Å². The van der Waals surface area contributed by atoms with Crippen molar-refractivity contribution in [3.05, 3.63) is 29.8 Å². The van der Waals surface area contributed by atoms with Crippen molar-refractivity contribution in [2.75, 3.05) is 31.2 Å². The first-order chi connectivity index (χ1) is 11.5. The highest BCUT2D eigenvalue weighted by Crippen LogP contribution is 2.23. The maximum Gasteiger partial charge on any atom is 0.238 e. The second-order valence-corrected chi connectivity index (χ2v) is 9.60. The van der Waals surface area contributed by atoms with Crippen LogP contribution in [0.25, 0.3) is 0 Å². The van der Waals surface area contributed by atoms with E-state index in [0.29, 0.717) is 19.6 Å². The Balaban J connectivity index is 1.79. The van der Waals surface area contributed by atoms with Crippen molar-refractivity contribution >= 4 is 21.6 Å². The van der Waals surface area contributed by atoms with Crippen LogP contribution < -0.4 is 10.0 Å². The second kappa shape index (κ2) is 7.85. The van der Waals surface area contributed by atoms with Gasteiger partial charge in [-0.1, -0.05) is 32.9 Å². The molecule has 1 saturated heterocycles. The molecule has 0 aliphatic carbocycles. The number of hydrogen-bond acceptors (Lipinski definition) is 4. The van der Waals surface area contributed by atoms with Crippen molar-refractivity contribution in [2.45, 2.75) is 45.1 Å². The SMILES string of the molecule is CC(C)(C)c1ccc(NC(=O)CN2CCC(NS(C)(=O)=O)CC2)cc1. The van der Waals surface area contributed by atoms with Crippen molar-refractivity contribution < 1.29 is 13.2 Å². The second-order valence-electron chi connectivity index (χ2n) is 7.82. The van der Waals surface area contributed by atoms with E-state index in [1.165, 1.54) is 11.8 Å². The Hall–Kier alpha value is -1.44. The van der Waals surface area contributed by atoms with E-state index in [1.54, 1.807) is 0 Å². The molecule has 6 nitrogen and oxygen atoms in total. The highest BCUT2D eigenvalue weighted by atomic mass is 32.2. The largest absolute Gasteiger partial charge is 0.325 e. The number of amides is 1. The van der Waals surface area contributed by atoms with Crippen LogP contribution in [0.3, 0.4) is 0 Å². The monoisotopic (exact) mass is 367 g/mol. The molecule has 1 aliphatic heterocycles. The zero-order valence-corrected chi connectivity index (χ0v) is 16.3. The van der Waals surface area contributed by atoms with Crippen LogP contribution in [-0.2, 0) is 20.2 Å². The van der Waals surface area contributed by atoms with Gasteiger partial charge in [-0.15, -0.1) is 0 Å². The quantitative estimate of drug-likeness (QED) is 0.834. The number of likely N-dealkylation sites (tertiary alicyclic amines) is 1. The standard InChI is InChI=1S/C18H29N3O3S/c1-18(2,3)14-5-7-15(8-6-14)19-17(22)13-21-11-9-16(10-12-21)20-25(4,23)24/h5-8,16,20H,9-13H2,1-4H3,(H,19,22). The lowest BCUT2D eigenvalue weighted by molar-refractivity contribution is -0.117. The number of sulfonamides is 1. The fourth-order valence-electron chi connectivity index (χ4n) is 2.97. The summed E-state index contributed by atoms with van der Waals surface area (Å²) in [5, 5.41) is 2.93. The van der Waals surface area contributed by atoms with Gasteiger partial charge in [-0.25, -0.2) is 13.1 Å². The van der Waals surface area contributed by atoms with Crippen LogP contribution in [0.4, 0.5) is 5.69 Å². The number of anilines is 1. The summed E-state index contributed by atoms with van der Waals surface area (Å²) in [4.78, 5) is 14.3. The summed E-state index contributed by atoms with van der Waals surface area (Å²) in [6, 6.07) is 7.91. The first-order valence-electron chi connectivity index (χ1n) is 8.63.